The van der Waals surface area contributed by atoms with E-state index in [-0.39, 0.29) is 0 Å². The van der Waals surface area contributed by atoms with E-state index in [1.165, 1.54) is 7.11 Å². The van der Waals surface area contributed by atoms with Crippen molar-refractivity contribution in [2.75, 3.05) is 17.7 Å². The van der Waals surface area contributed by atoms with E-state index in [9.17, 15) is 4.79 Å². The van der Waals surface area contributed by atoms with E-state index < -0.39 is 6.09 Å². The first kappa shape index (κ1) is 14.2. The number of halogens is 1. The van der Waals surface area contributed by atoms with E-state index in [0.717, 1.165) is 16.9 Å². The Kier molecular flexibility index (Phi) is 4.48. The summed E-state index contributed by atoms with van der Waals surface area (Å²) in [5.41, 5.74) is 3.63. The van der Waals surface area contributed by atoms with Crippen LogP contribution in [0.5, 0.6) is 0 Å². The summed E-state index contributed by atoms with van der Waals surface area (Å²) in [6.07, 6.45) is -0.489. The molecule has 2 aromatic carbocycles. The van der Waals surface area contributed by atoms with Crippen molar-refractivity contribution in [2.24, 2.45) is 0 Å². The smallest absolute Gasteiger partial charge is 0.411 e. The number of benzene rings is 2. The maximum Gasteiger partial charge on any atom is 0.411 e. The molecule has 0 fully saturated rings. The van der Waals surface area contributed by atoms with Crippen molar-refractivity contribution < 1.29 is 9.53 Å². The highest BCUT2D eigenvalue weighted by Gasteiger charge is 2.02. The first-order valence-corrected chi connectivity index (χ1v) is 6.44. The van der Waals surface area contributed by atoms with Crippen molar-refractivity contribution in [2.45, 2.75) is 6.92 Å². The number of aryl methyl sites for hydroxylation is 1. The van der Waals surface area contributed by atoms with Gasteiger partial charge in [0.25, 0.3) is 0 Å². The molecule has 0 radical (unpaired) electrons. The Bertz CT molecular complexity index is 612. The second-order valence-corrected chi connectivity index (χ2v) is 4.71. The number of hydrogen-bond acceptors (Lipinski definition) is 3. The minimum absolute atomic E-state index is 0.489. The zero-order chi connectivity index (χ0) is 14.5. The molecule has 104 valence electrons. The lowest BCUT2D eigenvalue weighted by Crippen LogP contribution is -2.10. The Hall–Kier alpha value is -2.20. The zero-order valence-electron chi connectivity index (χ0n) is 11.2. The number of ether oxygens (including phenoxy) is 1. The fraction of sp³-hybridized carbons (Fsp3) is 0.133. The predicted octanol–water partition coefficient (Wildman–Crippen LogP) is 4.57. The normalized spacial score (nSPS) is 9.95. The predicted molar refractivity (Wildman–Crippen MR) is 81.9 cm³/mol. The van der Waals surface area contributed by atoms with Crippen LogP contribution < -0.4 is 10.6 Å². The Labute approximate surface area is 122 Å². The molecule has 0 aliphatic heterocycles. The van der Waals surface area contributed by atoms with Crippen LogP contribution in [0.1, 0.15) is 5.56 Å². The van der Waals surface area contributed by atoms with E-state index in [2.05, 4.69) is 15.4 Å². The van der Waals surface area contributed by atoms with Gasteiger partial charge in [0.1, 0.15) is 0 Å². The molecule has 0 heterocycles. The number of hydrogen-bond donors (Lipinski definition) is 2. The third kappa shape index (κ3) is 3.65. The quantitative estimate of drug-likeness (QED) is 0.870. The van der Waals surface area contributed by atoms with Gasteiger partial charge in [-0.1, -0.05) is 17.7 Å². The van der Waals surface area contributed by atoms with Crippen LogP contribution in [0.3, 0.4) is 0 Å². The van der Waals surface area contributed by atoms with E-state index in [0.29, 0.717) is 10.7 Å². The minimum Gasteiger partial charge on any atom is -0.453 e. The molecule has 0 saturated heterocycles. The molecule has 2 rings (SSSR count). The fourth-order valence-corrected chi connectivity index (χ4v) is 1.86. The molecule has 0 aliphatic rings. The first-order chi connectivity index (χ1) is 9.58. The summed E-state index contributed by atoms with van der Waals surface area (Å²) in [6, 6.07) is 13.0. The van der Waals surface area contributed by atoms with Crippen LogP contribution in [0.15, 0.2) is 42.5 Å². The molecule has 1 amide bonds. The van der Waals surface area contributed by atoms with E-state index in [1.54, 1.807) is 12.1 Å². The van der Waals surface area contributed by atoms with Gasteiger partial charge >= 0.3 is 6.09 Å². The number of carbonyl (C=O) groups is 1. The molecule has 5 heteroatoms. The largest absolute Gasteiger partial charge is 0.453 e. The lowest BCUT2D eigenvalue weighted by Gasteiger charge is -2.11. The Morgan fingerprint density at radius 1 is 1.10 bits per heavy atom. The Balaban J connectivity index is 2.10. The van der Waals surface area contributed by atoms with Crippen LogP contribution in [-0.4, -0.2) is 13.2 Å². The number of anilines is 3. The van der Waals surface area contributed by atoms with Crippen molar-refractivity contribution in [3.05, 3.63) is 53.1 Å². The third-order valence-corrected chi connectivity index (χ3v) is 3.03. The number of methoxy groups -OCH3 is 1. The van der Waals surface area contributed by atoms with Gasteiger partial charge in [-0.15, -0.1) is 0 Å². The van der Waals surface area contributed by atoms with Gasteiger partial charge in [0, 0.05) is 22.1 Å². The second-order valence-electron chi connectivity index (χ2n) is 4.28. The summed E-state index contributed by atoms with van der Waals surface area (Å²) < 4.78 is 4.53. The lowest BCUT2D eigenvalue weighted by atomic mass is 10.2. The highest BCUT2D eigenvalue weighted by atomic mass is 35.5. The van der Waals surface area contributed by atoms with E-state index in [1.807, 2.05) is 37.3 Å². The molecule has 0 saturated carbocycles. The Morgan fingerprint density at radius 2 is 1.75 bits per heavy atom. The number of carbonyl (C=O) groups excluding carboxylic acids is 1. The monoisotopic (exact) mass is 290 g/mol. The molecule has 2 N–H and O–H groups in total. The molecule has 20 heavy (non-hydrogen) atoms. The van der Waals surface area contributed by atoms with Gasteiger partial charge in [0.05, 0.1) is 7.11 Å². The molecule has 4 nitrogen and oxygen atoms in total. The van der Waals surface area contributed by atoms with Gasteiger partial charge in [-0.3, -0.25) is 5.32 Å². The molecule has 0 aliphatic carbocycles. The molecule has 0 bridgehead atoms. The van der Waals surface area contributed by atoms with Gasteiger partial charge in [0.2, 0.25) is 0 Å². The van der Waals surface area contributed by atoms with Crippen LogP contribution in [0, 0.1) is 6.92 Å². The summed E-state index contributed by atoms with van der Waals surface area (Å²) in [5, 5.41) is 6.55. The zero-order valence-corrected chi connectivity index (χ0v) is 12.0. The summed E-state index contributed by atoms with van der Waals surface area (Å²) in [7, 11) is 1.33. The van der Waals surface area contributed by atoms with Gasteiger partial charge in [-0.05, 0) is 48.9 Å². The van der Waals surface area contributed by atoms with Gasteiger partial charge in [-0.2, -0.15) is 0 Å². The molecule has 0 unspecified atom stereocenters. The van der Waals surface area contributed by atoms with Crippen molar-refractivity contribution in [1.82, 2.24) is 0 Å². The number of amides is 1. The maximum absolute atomic E-state index is 11.1. The topological polar surface area (TPSA) is 50.4 Å². The third-order valence-electron chi connectivity index (χ3n) is 2.80. The molecule has 0 atom stereocenters. The highest BCUT2D eigenvalue weighted by molar-refractivity contribution is 6.30. The Morgan fingerprint density at radius 3 is 2.40 bits per heavy atom. The standard InChI is InChI=1S/C15H15ClN2O2/c1-10-3-4-11(16)9-14(10)17-12-5-7-13(8-6-12)18-15(19)20-2/h3-9,17H,1-2H3,(H,18,19). The van der Waals surface area contributed by atoms with Crippen molar-refractivity contribution in [3.8, 4) is 0 Å². The molecular formula is C15H15ClN2O2. The van der Waals surface area contributed by atoms with Crippen LogP contribution in [0.25, 0.3) is 0 Å². The summed E-state index contributed by atoms with van der Waals surface area (Å²) >= 11 is 5.98. The minimum atomic E-state index is -0.489. The van der Waals surface area contributed by atoms with Crippen molar-refractivity contribution in [3.63, 3.8) is 0 Å². The van der Waals surface area contributed by atoms with Crippen LogP contribution in [0.2, 0.25) is 5.02 Å². The van der Waals surface area contributed by atoms with Crippen LogP contribution in [0.4, 0.5) is 21.9 Å². The maximum atomic E-state index is 11.1. The molecule has 0 spiro atoms. The number of rotatable bonds is 3. The van der Waals surface area contributed by atoms with Gasteiger partial charge in [0.15, 0.2) is 0 Å². The van der Waals surface area contributed by atoms with Crippen LogP contribution >= 0.6 is 11.6 Å². The number of nitrogens with one attached hydrogen (secondary N) is 2. The average Bonchev–Trinajstić information content (AvgIpc) is 2.45. The summed E-state index contributed by atoms with van der Waals surface area (Å²) in [6.45, 7) is 2.01. The molecule has 0 aromatic heterocycles. The van der Waals surface area contributed by atoms with Crippen molar-refractivity contribution >= 4 is 34.8 Å². The molecular weight excluding hydrogens is 276 g/mol. The first-order valence-electron chi connectivity index (χ1n) is 6.06. The van der Waals surface area contributed by atoms with Crippen molar-refractivity contribution in [1.29, 1.82) is 0 Å². The van der Waals surface area contributed by atoms with E-state index in [4.69, 9.17) is 11.6 Å². The summed E-state index contributed by atoms with van der Waals surface area (Å²) in [5.74, 6) is 0. The average molecular weight is 291 g/mol. The summed E-state index contributed by atoms with van der Waals surface area (Å²) in [4.78, 5) is 11.1. The van der Waals surface area contributed by atoms with Crippen LogP contribution in [-0.2, 0) is 4.74 Å². The second kappa shape index (κ2) is 6.30. The SMILES string of the molecule is COC(=O)Nc1ccc(Nc2cc(Cl)ccc2C)cc1. The van der Waals surface area contributed by atoms with Gasteiger partial charge in [-0.25, -0.2) is 4.79 Å². The highest BCUT2D eigenvalue weighted by Crippen LogP contribution is 2.24. The molecule has 2 aromatic rings. The van der Waals surface area contributed by atoms with E-state index >= 15 is 0 Å². The lowest BCUT2D eigenvalue weighted by molar-refractivity contribution is 0.187. The fourth-order valence-electron chi connectivity index (χ4n) is 1.69. The van der Waals surface area contributed by atoms with Gasteiger partial charge < -0.3 is 10.1 Å².